The van der Waals surface area contributed by atoms with Crippen LogP contribution in [0, 0.1) is 11.8 Å². The maximum Gasteiger partial charge on any atom is 0.310 e. The summed E-state index contributed by atoms with van der Waals surface area (Å²) in [6.07, 6.45) is 6.46. The molecule has 0 radical (unpaired) electrons. The van der Waals surface area contributed by atoms with Crippen molar-refractivity contribution in [2.75, 3.05) is 39.9 Å². The second-order valence-electron chi connectivity index (χ2n) is 6.88. The highest BCUT2D eigenvalue weighted by atomic mass is 127. The molecule has 0 aromatic carbocycles. The van der Waals surface area contributed by atoms with Gasteiger partial charge in [0, 0.05) is 32.8 Å². The zero-order valence-corrected chi connectivity index (χ0v) is 18.2. The molecule has 146 valence electrons. The molecule has 6 nitrogen and oxygen atoms in total. The normalized spacial score (nSPS) is 24.3. The van der Waals surface area contributed by atoms with Gasteiger partial charge in [0.25, 0.3) is 0 Å². The number of likely N-dealkylation sites (tertiary alicyclic amines) is 1. The maximum atomic E-state index is 11.8. The van der Waals surface area contributed by atoms with Crippen LogP contribution < -0.4 is 5.32 Å². The predicted octanol–water partition coefficient (Wildman–Crippen LogP) is 2.66. The van der Waals surface area contributed by atoms with Gasteiger partial charge in [-0.2, -0.15) is 0 Å². The van der Waals surface area contributed by atoms with Gasteiger partial charge in [-0.3, -0.25) is 9.79 Å². The Morgan fingerprint density at radius 3 is 2.64 bits per heavy atom. The van der Waals surface area contributed by atoms with E-state index in [1.54, 1.807) is 0 Å². The highest BCUT2D eigenvalue weighted by molar-refractivity contribution is 14.0. The molecule has 25 heavy (non-hydrogen) atoms. The van der Waals surface area contributed by atoms with Crippen LogP contribution in [-0.4, -0.2) is 62.8 Å². The molecule has 1 heterocycles. The summed E-state index contributed by atoms with van der Waals surface area (Å²) in [5.74, 6) is 0.999. The van der Waals surface area contributed by atoms with E-state index < -0.39 is 0 Å². The summed E-state index contributed by atoms with van der Waals surface area (Å²) in [5, 5.41) is 3.34. The summed E-state index contributed by atoms with van der Waals surface area (Å²) in [4.78, 5) is 18.7. The molecule has 7 heteroatoms. The van der Waals surface area contributed by atoms with Crippen molar-refractivity contribution in [1.82, 2.24) is 10.2 Å². The summed E-state index contributed by atoms with van der Waals surface area (Å²) in [7, 11) is 1.46. The SMILES string of the molecule is CCNC(=NCCCOC1CCCC1)N1CC(C)C(C(=O)OC)C1.I. The van der Waals surface area contributed by atoms with Crippen LogP contribution >= 0.6 is 24.0 Å². The van der Waals surface area contributed by atoms with Crippen LogP contribution in [0.15, 0.2) is 4.99 Å². The fourth-order valence-electron chi connectivity index (χ4n) is 3.58. The number of halogens is 1. The van der Waals surface area contributed by atoms with Crippen molar-refractivity contribution in [3.63, 3.8) is 0 Å². The van der Waals surface area contributed by atoms with Gasteiger partial charge in [-0.25, -0.2) is 0 Å². The third-order valence-electron chi connectivity index (χ3n) is 4.97. The minimum Gasteiger partial charge on any atom is -0.469 e. The van der Waals surface area contributed by atoms with E-state index in [-0.39, 0.29) is 41.8 Å². The Balaban J connectivity index is 0.00000312. The number of guanidine groups is 1. The van der Waals surface area contributed by atoms with E-state index in [4.69, 9.17) is 14.5 Å². The number of rotatable bonds is 7. The lowest BCUT2D eigenvalue weighted by atomic mass is 9.99. The molecule has 2 atom stereocenters. The molecule has 1 saturated carbocycles. The molecule has 0 amide bonds. The number of hydrogen-bond donors (Lipinski definition) is 1. The van der Waals surface area contributed by atoms with E-state index in [0.29, 0.717) is 12.6 Å². The lowest BCUT2D eigenvalue weighted by Crippen LogP contribution is -2.40. The van der Waals surface area contributed by atoms with Crippen molar-refractivity contribution in [2.45, 2.75) is 52.1 Å². The fraction of sp³-hybridized carbons (Fsp3) is 0.889. The van der Waals surface area contributed by atoms with Crippen molar-refractivity contribution >= 4 is 35.9 Å². The summed E-state index contributed by atoms with van der Waals surface area (Å²) in [5.41, 5.74) is 0. The molecular weight excluding hydrogens is 433 g/mol. The van der Waals surface area contributed by atoms with E-state index in [9.17, 15) is 4.79 Å². The molecule has 1 aliphatic heterocycles. The lowest BCUT2D eigenvalue weighted by molar-refractivity contribution is -0.145. The number of methoxy groups -OCH3 is 1. The first-order valence-electron chi connectivity index (χ1n) is 9.38. The van der Waals surface area contributed by atoms with Gasteiger partial charge in [-0.15, -0.1) is 24.0 Å². The van der Waals surface area contributed by atoms with Crippen LogP contribution in [0.3, 0.4) is 0 Å². The summed E-state index contributed by atoms with van der Waals surface area (Å²) in [6.45, 7) is 8.04. The molecule has 2 aliphatic rings. The van der Waals surface area contributed by atoms with Crippen molar-refractivity contribution in [3.05, 3.63) is 0 Å². The van der Waals surface area contributed by atoms with Gasteiger partial charge < -0.3 is 19.7 Å². The molecule has 1 N–H and O–H groups in total. The molecule has 0 aromatic heterocycles. The third kappa shape index (κ3) is 6.92. The maximum absolute atomic E-state index is 11.8. The molecule has 2 rings (SSSR count). The van der Waals surface area contributed by atoms with Crippen LogP contribution in [0.25, 0.3) is 0 Å². The molecule has 2 fully saturated rings. The molecule has 1 aliphatic carbocycles. The Morgan fingerprint density at radius 2 is 2.00 bits per heavy atom. The second-order valence-corrected chi connectivity index (χ2v) is 6.88. The molecule has 0 aromatic rings. The Morgan fingerprint density at radius 1 is 1.28 bits per heavy atom. The van der Waals surface area contributed by atoms with Crippen LogP contribution in [-0.2, 0) is 14.3 Å². The predicted molar refractivity (Wildman–Crippen MR) is 110 cm³/mol. The average Bonchev–Trinajstić information content (AvgIpc) is 3.22. The molecule has 2 unspecified atom stereocenters. The summed E-state index contributed by atoms with van der Waals surface area (Å²) in [6, 6.07) is 0. The van der Waals surface area contributed by atoms with Crippen LogP contribution in [0.2, 0.25) is 0 Å². The average molecular weight is 467 g/mol. The number of carbonyl (C=O) groups excluding carboxylic acids is 1. The van der Waals surface area contributed by atoms with Gasteiger partial charge in [0.2, 0.25) is 0 Å². The Bertz CT molecular complexity index is 428. The zero-order chi connectivity index (χ0) is 17.4. The largest absolute Gasteiger partial charge is 0.469 e. The van der Waals surface area contributed by atoms with Crippen LogP contribution in [0.1, 0.15) is 46.0 Å². The van der Waals surface area contributed by atoms with Crippen molar-refractivity contribution in [2.24, 2.45) is 16.8 Å². The van der Waals surface area contributed by atoms with E-state index in [2.05, 4.69) is 24.1 Å². The fourth-order valence-corrected chi connectivity index (χ4v) is 3.58. The van der Waals surface area contributed by atoms with Gasteiger partial charge in [-0.1, -0.05) is 19.8 Å². The Labute approximate surface area is 169 Å². The number of hydrogen-bond acceptors (Lipinski definition) is 4. The minimum absolute atomic E-state index is 0. The molecule has 0 bridgehead atoms. The first-order valence-corrected chi connectivity index (χ1v) is 9.38. The van der Waals surface area contributed by atoms with E-state index in [0.717, 1.165) is 38.6 Å². The van der Waals surface area contributed by atoms with E-state index in [1.807, 2.05) is 0 Å². The number of esters is 1. The quantitative estimate of drug-likeness (QED) is 0.205. The van der Waals surface area contributed by atoms with Crippen molar-refractivity contribution in [1.29, 1.82) is 0 Å². The van der Waals surface area contributed by atoms with Crippen LogP contribution in [0.4, 0.5) is 0 Å². The first-order chi connectivity index (χ1) is 11.7. The van der Waals surface area contributed by atoms with Gasteiger partial charge in [0.15, 0.2) is 5.96 Å². The number of aliphatic imine (C=N–C) groups is 1. The number of ether oxygens (including phenoxy) is 2. The topological polar surface area (TPSA) is 63.2 Å². The first kappa shape index (κ1) is 22.5. The molecule has 1 saturated heterocycles. The van der Waals surface area contributed by atoms with Gasteiger partial charge in [0.05, 0.1) is 19.1 Å². The Hall–Kier alpha value is -0.570. The molecular formula is C18H34IN3O3. The van der Waals surface area contributed by atoms with Gasteiger partial charge >= 0.3 is 5.97 Å². The highest BCUT2D eigenvalue weighted by Gasteiger charge is 2.36. The van der Waals surface area contributed by atoms with Crippen molar-refractivity contribution in [3.8, 4) is 0 Å². The number of nitrogens with zero attached hydrogens (tertiary/aromatic N) is 2. The standard InChI is InChI=1S/C18H33N3O3.HI/c1-4-19-18(20-10-7-11-24-15-8-5-6-9-15)21-12-14(2)16(13-21)17(22)23-3;/h14-16H,4-13H2,1-3H3,(H,19,20);1H. The Kier molecular flexibility index (Phi) is 10.7. The second kappa shape index (κ2) is 11.9. The van der Waals surface area contributed by atoms with Crippen molar-refractivity contribution < 1.29 is 14.3 Å². The van der Waals surface area contributed by atoms with Gasteiger partial charge in [0.1, 0.15) is 0 Å². The number of carbonyl (C=O) groups is 1. The smallest absolute Gasteiger partial charge is 0.310 e. The third-order valence-corrected chi connectivity index (χ3v) is 4.97. The van der Waals surface area contributed by atoms with Crippen LogP contribution in [0.5, 0.6) is 0 Å². The molecule has 0 spiro atoms. The summed E-state index contributed by atoms with van der Waals surface area (Å²) >= 11 is 0. The van der Waals surface area contributed by atoms with E-state index in [1.165, 1.54) is 32.8 Å². The lowest BCUT2D eigenvalue weighted by Gasteiger charge is -2.21. The van der Waals surface area contributed by atoms with E-state index >= 15 is 0 Å². The zero-order valence-electron chi connectivity index (χ0n) is 15.8. The number of nitrogens with one attached hydrogen (secondary N) is 1. The highest BCUT2D eigenvalue weighted by Crippen LogP contribution is 2.24. The van der Waals surface area contributed by atoms with Gasteiger partial charge in [-0.05, 0) is 32.1 Å². The summed E-state index contributed by atoms with van der Waals surface area (Å²) < 4.78 is 10.8. The monoisotopic (exact) mass is 467 g/mol. The minimum atomic E-state index is -0.120.